The third-order valence-corrected chi connectivity index (χ3v) is 4.65. The summed E-state index contributed by atoms with van der Waals surface area (Å²) in [6.07, 6.45) is 6.81. The highest BCUT2D eigenvalue weighted by Crippen LogP contribution is 2.18. The topological polar surface area (TPSA) is 65.2 Å². The van der Waals surface area contributed by atoms with E-state index in [1.54, 1.807) is 4.90 Å². The maximum absolute atomic E-state index is 12.1. The zero-order valence-electron chi connectivity index (χ0n) is 14.1. The highest BCUT2D eigenvalue weighted by atomic mass is 16.2. The number of guanidine groups is 1. The fourth-order valence-corrected chi connectivity index (χ4v) is 3.36. The first kappa shape index (κ1) is 17.1. The smallest absolute Gasteiger partial charge is 0.239 e. The predicted molar refractivity (Wildman–Crippen MR) is 89.8 cm³/mol. The summed E-state index contributed by atoms with van der Waals surface area (Å²) < 4.78 is 0. The molecule has 2 aliphatic heterocycles. The Labute approximate surface area is 134 Å². The van der Waals surface area contributed by atoms with Gasteiger partial charge in [-0.05, 0) is 45.1 Å². The molecule has 0 bridgehead atoms. The molecular weight excluding hydrogens is 278 g/mol. The van der Waals surface area contributed by atoms with Crippen LogP contribution in [-0.4, -0.2) is 79.4 Å². The number of nitrogens with two attached hydrogens (primary N) is 1. The summed E-state index contributed by atoms with van der Waals surface area (Å²) in [6, 6.07) is 0.0680. The number of likely N-dealkylation sites (N-methyl/N-ethyl adjacent to an activating group) is 1. The van der Waals surface area contributed by atoms with Crippen LogP contribution in [-0.2, 0) is 4.79 Å². The Kier molecular flexibility index (Phi) is 6.49. The van der Waals surface area contributed by atoms with Gasteiger partial charge in [0.2, 0.25) is 5.91 Å². The summed E-state index contributed by atoms with van der Waals surface area (Å²) >= 11 is 0. The number of hydrogen-bond acceptors (Lipinski definition) is 3. The number of piperidine rings is 1. The molecule has 126 valence electrons. The third kappa shape index (κ3) is 4.60. The molecule has 22 heavy (non-hydrogen) atoms. The molecule has 2 aliphatic rings. The van der Waals surface area contributed by atoms with Gasteiger partial charge in [0.15, 0.2) is 5.96 Å². The van der Waals surface area contributed by atoms with Crippen LogP contribution in [0.2, 0.25) is 0 Å². The van der Waals surface area contributed by atoms with Gasteiger partial charge < -0.3 is 15.5 Å². The van der Waals surface area contributed by atoms with Crippen molar-refractivity contribution in [1.82, 2.24) is 14.7 Å². The molecule has 0 radical (unpaired) electrons. The zero-order valence-corrected chi connectivity index (χ0v) is 14.1. The van der Waals surface area contributed by atoms with Gasteiger partial charge in [0.1, 0.15) is 0 Å². The van der Waals surface area contributed by atoms with Crippen molar-refractivity contribution in [2.24, 2.45) is 10.7 Å². The molecule has 2 fully saturated rings. The van der Waals surface area contributed by atoms with E-state index in [2.05, 4.69) is 14.8 Å². The molecule has 0 aromatic rings. The second kappa shape index (κ2) is 8.36. The quantitative estimate of drug-likeness (QED) is 0.462. The number of aliphatic imine (C=N–C) groups is 1. The lowest BCUT2D eigenvalue weighted by atomic mass is 10.1. The van der Waals surface area contributed by atoms with Gasteiger partial charge in [0.25, 0.3) is 0 Å². The second-order valence-electron chi connectivity index (χ2n) is 6.57. The molecule has 6 nitrogen and oxygen atoms in total. The minimum atomic E-state index is 0.0680. The monoisotopic (exact) mass is 309 g/mol. The van der Waals surface area contributed by atoms with E-state index in [0.717, 1.165) is 52.0 Å². The minimum absolute atomic E-state index is 0.0680. The van der Waals surface area contributed by atoms with E-state index in [-0.39, 0.29) is 11.9 Å². The lowest BCUT2D eigenvalue weighted by Crippen LogP contribution is -2.43. The molecule has 0 aromatic heterocycles. The fraction of sp³-hybridized carbons (Fsp3) is 0.875. The van der Waals surface area contributed by atoms with Crippen molar-refractivity contribution >= 4 is 11.9 Å². The number of amides is 1. The Bertz CT molecular complexity index is 390. The molecule has 6 heteroatoms. The molecule has 0 aliphatic carbocycles. The van der Waals surface area contributed by atoms with Gasteiger partial charge in [-0.15, -0.1) is 0 Å². The number of likely N-dealkylation sites (tertiary alicyclic amines) is 2. The van der Waals surface area contributed by atoms with Crippen molar-refractivity contribution in [2.75, 3.05) is 46.8 Å². The van der Waals surface area contributed by atoms with Gasteiger partial charge in [-0.1, -0.05) is 0 Å². The lowest BCUT2D eigenvalue weighted by Gasteiger charge is -2.28. The average Bonchev–Trinajstić information content (AvgIpc) is 2.99. The van der Waals surface area contributed by atoms with Crippen LogP contribution in [0.5, 0.6) is 0 Å². The first-order valence-electron chi connectivity index (χ1n) is 8.59. The van der Waals surface area contributed by atoms with E-state index in [1.165, 1.54) is 19.3 Å². The standard InChI is InChI=1S/C16H31N5O/c1-19(2)15(22)14-8-6-12-20(14)13-7-9-18-16(17)21-10-4-3-5-11-21/h14H,3-13H2,1-2H3,(H2,17,18). The van der Waals surface area contributed by atoms with Crippen LogP contribution < -0.4 is 5.73 Å². The first-order chi connectivity index (χ1) is 10.6. The second-order valence-corrected chi connectivity index (χ2v) is 6.57. The van der Waals surface area contributed by atoms with Crippen molar-refractivity contribution in [3.8, 4) is 0 Å². The zero-order chi connectivity index (χ0) is 15.9. The number of nitrogens with zero attached hydrogens (tertiary/aromatic N) is 4. The molecule has 1 unspecified atom stereocenters. The lowest BCUT2D eigenvalue weighted by molar-refractivity contribution is -0.133. The highest BCUT2D eigenvalue weighted by molar-refractivity contribution is 5.81. The van der Waals surface area contributed by atoms with Gasteiger partial charge in [0, 0.05) is 40.3 Å². The number of rotatable bonds is 5. The van der Waals surface area contributed by atoms with Gasteiger partial charge in [-0.25, -0.2) is 0 Å². The molecule has 2 N–H and O–H groups in total. The van der Waals surface area contributed by atoms with Crippen molar-refractivity contribution in [3.63, 3.8) is 0 Å². The Balaban J connectivity index is 1.72. The average molecular weight is 309 g/mol. The van der Waals surface area contributed by atoms with Crippen molar-refractivity contribution in [2.45, 2.75) is 44.6 Å². The molecule has 2 saturated heterocycles. The van der Waals surface area contributed by atoms with Crippen LogP contribution in [0.1, 0.15) is 38.5 Å². The van der Waals surface area contributed by atoms with E-state index in [4.69, 9.17) is 5.73 Å². The molecule has 0 saturated carbocycles. The van der Waals surface area contributed by atoms with Crippen LogP contribution in [0, 0.1) is 0 Å². The third-order valence-electron chi connectivity index (χ3n) is 4.65. The van der Waals surface area contributed by atoms with Crippen molar-refractivity contribution < 1.29 is 4.79 Å². The summed E-state index contributed by atoms with van der Waals surface area (Å²) in [7, 11) is 3.67. The highest BCUT2D eigenvalue weighted by Gasteiger charge is 2.30. The summed E-state index contributed by atoms with van der Waals surface area (Å²) in [5.41, 5.74) is 6.06. The molecule has 1 amide bonds. The van der Waals surface area contributed by atoms with Crippen LogP contribution in [0.15, 0.2) is 4.99 Å². The first-order valence-corrected chi connectivity index (χ1v) is 8.59. The van der Waals surface area contributed by atoms with Gasteiger partial charge >= 0.3 is 0 Å². The van der Waals surface area contributed by atoms with Gasteiger partial charge in [0.05, 0.1) is 6.04 Å². The Morgan fingerprint density at radius 1 is 1.18 bits per heavy atom. The number of hydrogen-bond donors (Lipinski definition) is 1. The molecule has 2 rings (SSSR count). The van der Waals surface area contributed by atoms with E-state index in [1.807, 2.05) is 14.1 Å². The van der Waals surface area contributed by atoms with Crippen LogP contribution in [0.3, 0.4) is 0 Å². The largest absolute Gasteiger partial charge is 0.370 e. The number of carbonyl (C=O) groups is 1. The van der Waals surface area contributed by atoms with Gasteiger partial charge in [-0.2, -0.15) is 0 Å². The summed E-state index contributed by atoms with van der Waals surface area (Å²) in [6.45, 7) is 4.79. The van der Waals surface area contributed by atoms with E-state index < -0.39 is 0 Å². The fourth-order valence-electron chi connectivity index (χ4n) is 3.36. The van der Waals surface area contributed by atoms with E-state index in [0.29, 0.717) is 5.96 Å². The molecule has 0 spiro atoms. The maximum Gasteiger partial charge on any atom is 0.239 e. The summed E-state index contributed by atoms with van der Waals surface area (Å²) in [4.78, 5) is 22.8. The van der Waals surface area contributed by atoms with Crippen LogP contribution in [0.25, 0.3) is 0 Å². The predicted octanol–water partition coefficient (Wildman–Crippen LogP) is 0.730. The number of carbonyl (C=O) groups excluding carboxylic acids is 1. The molecule has 0 aromatic carbocycles. The Morgan fingerprint density at radius 3 is 2.59 bits per heavy atom. The van der Waals surface area contributed by atoms with Crippen molar-refractivity contribution in [1.29, 1.82) is 0 Å². The Hall–Kier alpha value is -1.30. The Morgan fingerprint density at radius 2 is 1.91 bits per heavy atom. The van der Waals surface area contributed by atoms with E-state index in [9.17, 15) is 4.79 Å². The van der Waals surface area contributed by atoms with Crippen LogP contribution >= 0.6 is 0 Å². The van der Waals surface area contributed by atoms with Gasteiger partial charge in [-0.3, -0.25) is 14.7 Å². The summed E-state index contributed by atoms with van der Waals surface area (Å²) in [5.74, 6) is 0.927. The van der Waals surface area contributed by atoms with Crippen molar-refractivity contribution in [3.05, 3.63) is 0 Å². The normalized spacial score (nSPS) is 23.8. The SMILES string of the molecule is CN(C)C(=O)C1CCCN1CCCN=C(N)N1CCCCC1. The van der Waals surface area contributed by atoms with Crippen LogP contribution in [0.4, 0.5) is 0 Å². The molecule has 1 atom stereocenters. The minimum Gasteiger partial charge on any atom is -0.370 e. The maximum atomic E-state index is 12.1. The molecular formula is C16H31N5O. The summed E-state index contributed by atoms with van der Waals surface area (Å²) in [5, 5.41) is 0. The molecule has 2 heterocycles. The van der Waals surface area contributed by atoms with E-state index >= 15 is 0 Å².